The van der Waals surface area contributed by atoms with Gasteiger partial charge in [-0.2, -0.15) is 0 Å². The van der Waals surface area contributed by atoms with Crippen LogP contribution in [0.1, 0.15) is 51.9 Å². The van der Waals surface area contributed by atoms with Crippen LogP contribution in [0.25, 0.3) is 0 Å². The van der Waals surface area contributed by atoms with E-state index in [1.54, 1.807) is 0 Å². The van der Waals surface area contributed by atoms with Crippen molar-refractivity contribution in [3.05, 3.63) is 29.8 Å². The molecule has 0 bridgehead atoms. The van der Waals surface area contributed by atoms with E-state index in [9.17, 15) is 8.78 Å². The molecule has 1 saturated carbocycles. The molecule has 0 atom stereocenters. The van der Waals surface area contributed by atoms with Crippen LogP contribution in [0.5, 0.6) is 5.75 Å². The van der Waals surface area contributed by atoms with Gasteiger partial charge >= 0.3 is 0 Å². The molecule has 1 aliphatic rings. The highest BCUT2D eigenvalue weighted by atomic mass is 19.2. The third-order valence-corrected chi connectivity index (χ3v) is 4.46. The molecule has 112 valence electrons. The molecule has 0 unspecified atom stereocenters. The molecule has 1 aromatic rings. The van der Waals surface area contributed by atoms with Gasteiger partial charge in [0.05, 0.1) is 6.61 Å². The van der Waals surface area contributed by atoms with Gasteiger partial charge in [-0.25, -0.2) is 8.78 Å². The van der Waals surface area contributed by atoms with Crippen molar-refractivity contribution in [2.24, 2.45) is 11.8 Å². The maximum absolute atomic E-state index is 13.0. The third kappa shape index (κ3) is 4.46. The van der Waals surface area contributed by atoms with Crippen LogP contribution in [0.3, 0.4) is 0 Å². The second kappa shape index (κ2) is 7.61. The van der Waals surface area contributed by atoms with E-state index >= 15 is 0 Å². The Hall–Kier alpha value is -1.12. The molecule has 3 heteroatoms. The Labute approximate surface area is 120 Å². The lowest BCUT2D eigenvalue weighted by atomic mass is 9.79. The van der Waals surface area contributed by atoms with Gasteiger partial charge in [-0.15, -0.1) is 0 Å². The normalized spacial score (nSPS) is 22.8. The minimum atomic E-state index is -0.847. The van der Waals surface area contributed by atoms with E-state index in [4.69, 9.17) is 4.74 Å². The number of rotatable bonds is 6. The summed E-state index contributed by atoms with van der Waals surface area (Å²) in [5.74, 6) is 0.500. The number of hydrogen-bond donors (Lipinski definition) is 0. The summed E-state index contributed by atoms with van der Waals surface area (Å²) >= 11 is 0. The fourth-order valence-corrected chi connectivity index (χ4v) is 3.06. The first kappa shape index (κ1) is 15.3. The Morgan fingerprint density at radius 2 is 1.75 bits per heavy atom. The van der Waals surface area contributed by atoms with Crippen molar-refractivity contribution in [3.63, 3.8) is 0 Å². The van der Waals surface area contributed by atoms with Gasteiger partial charge in [-0.05, 0) is 36.8 Å². The minimum absolute atomic E-state index is 0.415. The van der Waals surface area contributed by atoms with Gasteiger partial charge in [0.15, 0.2) is 11.6 Å². The average molecular weight is 282 g/mol. The maximum atomic E-state index is 13.0. The van der Waals surface area contributed by atoms with Gasteiger partial charge in [-0.1, -0.05) is 39.0 Å². The summed E-state index contributed by atoms with van der Waals surface area (Å²) in [6.45, 7) is 2.86. The van der Waals surface area contributed by atoms with E-state index < -0.39 is 11.6 Å². The predicted octanol–water partition coefficient (Wildman–Crippen LogP) is 5.34. The lowest BCUT2D eigenvalue weighted by molar-refractivity contribution is 0.233. The molecule has 0 radical (unpaired) electrons. The van der Waals surface area contributed by atoms with Gasteiger partial charge < -0.3 is 4.74 Å². The fourth-order valence-electron chi connectivity index (χ4n) is 3.06. The Bertz CT molecular complexity index is 411. The summed E-state index contributed by atoms with van der Waals surface area (Å²) in [4.78, 5) is 0. The Morgan fingerprint density at radius 1 is 1.05 bits per heavy atom. The van der Waals surface area contributed by atoms with E-state index in [0.29, 0.717) is 12.4 Å². The van der Waals surface area contributed by atoms with Crippen molar-refractivity contribution in [1.82, 2.24) is 0 Å². The fraction of sp³-hybridized carbons (Fsp3) is 0.647. The quantitative estimate of drug-likeness (QED) is 0.640. The van der Waals surface area contributed by atoms with Crippen LogP contribution in [-0.4, -0.2) is 6.61 Å². The summed E-state index contributed by atoms with van der Waals surface area (Å²) < 4.78 is 31.2. The van der Waals surface area contributed by atoms with Crippen LogP contribution in [-0.2, 0) is 0 Å². The highest BCUT2D eigenvalue weighted by Gasteiger charge is 2.19. The molecular formula is C17H24F2O. The van der Waals surface area contributed by atoms with Crippen LogP contribution < -0.4 is 4.74 Å². The van der Waals surface area contributed by atoms with Crippen LogP contribution >= 0.6 is 0 Å². The Morgan fingerprint density at radius 3 is 2.40 bits per heavy atom. The van der Waals surface area contributed by atoms with Gasteiger partial charge in [0.25, 0.3) is 0 Å². The Balaban J connectivity index is 1.63. The van der Waals surface area contributed by atoms with Crippen LogP contribution in [0.2, 0.25) is 0 Å². The molecule has 1 aromatic carbocycles. The molecule has 0 aliphatic heterocycles. The third-order valence-electron chi connectivity index (χ3n) is 4.46. The van der Waals surface area contributed by atoms with Crippen molar-refractivity contribution in [3.8, 4) is 5.75 Å². The summed E-state index contributed by atoms with van der Waals surface area (Å²) in [5, 5.41) is 0. The number of benzene rings is 1. The molecular weight excluding hydrogens is 258 g/mol. The Kier molecular flexibility index (Phi) is 5.81. The SMILES string of the molecule is CCC1CCC(CCCOc2ccc(F)c(F)c2)CC1. The highest BCUT2D eigenvalue weighted by molar-refractivity contribution is 5.23. The molecule has 1 fully saturated rings. The van der Waals surface area contributed by atoms with E-state index in [1.807, 2.05) is 0 Å². The van der Waals surface area contributed by atoms with Crippen LogP contribution in [0.15, 0.2) is 18.2 Å². The van der Waals surface area contributed by atoms with E-state index in [1.165, 1.54) is 44.6 Å². The zero-order valence-electron chi connectivity index (χ0n) is 12.2. The molecule has 20 heavy (non-hydrogen) atoms. The molecule has 2 rings (SSSR count). The van der Waals surface area contributed by atoms with Crippen molar-refractivity contribution in [2.75, 3.05) is 6.61 Å². The first-order valence-corrected chi connectivity index (χ1v) is 7.77. The van der Waals surface area contributed by atoms with Crippen molar-refractivity contribution < 1.29 is 13.5 Å². The zero-order valence-corrected chi connectivity index (χ0v) is 12.2. The molecule has 0 N–H and O–H groups in total. The monoisotopic (exact) mass is 282 g/mol. The highest BCUT2D eigenvalue weighted by Crippen LogP contribution is 2.32. The summed E-state index contributed by atoms with van der Waals surface area (Å²) in [6.07, 6.45) is 8.89. The standard InChI is InChI=1S/C17H24F2O/c1-2-13-5-7-14(8-6-13)4-3-11-20-15-9-10-16(18)17(19)12-15/h9-10,12-14H,2-8,11H2,1H3. The lowest BCUT2D eigenvalue weighted by Crippen LogP contribution is -2.14. The second-order valence-electron chi connectivity index (χ2n) is 5.86. The molecule has 1 nitrogen and oxygen atoms in total. The van der Waals surface area contributed by atoms with E-state index in [2.05, 4.69) is 6.92 Å². The summed E-state index contributed by atoms with van der Waals surface area (Å²) in [5.41, 5.74) is 0. The van der Waals surface area contributed by atoms with Crippen molar-refractivity contribution in [2.45, 2.75) is 51.9 Å². The second-order valence-corrected chi connectivity index (χ2v) is 5.86. The molecule has 0 saturated heterocycles. The average Bonchev–Trinajstić information content (AvgIpc) is 2.48. The number of halogens is 2. The predicted molar refractivity (Wildman–Crippen MR) is 76.8 cm³/mol. The van der Waals surface area contributed by atoms with Crippen LogP contribution in [0.4, 0.5) is 8.78 Å². The molecule has 0 spiro atoms. The van der Waals surface area contributed by atoms with Gasteiger partial charge in [-0.3, -0.25) is 0 Å². The van der Waals surface area contributed by atoms with Gasteiger partial charge in [0.2, 0.25) is 0 Å². The molecule has 1 aliphatic carbocycles. The van der Waals surface area contributed by atoms with Crippen molar-refractivity contribution >= 4 is 0 Å². The summed E-state index contributed by atoms with van der Waals surface area (Å²) in [7, 11) is 0. The molecule has 0 heterocycles. The maximum Gasteiger partial charge on any atom is 0.162 e. The van der Waals surface area contributed by atoms with Gasteiger partial charge in [0.1, 0.15) is 5.75 Å². The van der Waals surface area contributed by atoms with E-state index in [0.717, 1.165) is 30.4 Å². The van der Waals surface area contributed by atoms with Gasteiger partial charge in [0, 0.05) is 6.07 Å². The molecule has 0 aromatic heterocycles. The smallest absolute Gasteiger partial charge is 0.162 e. The number of ether oxygens (including phenoxy) is 1. The molecule has 0 amide bonds. The first-order chi connectivity index (χ1) is 9.69. The largest absolute Gasteiger partial charge is 0.493 e. The van der Waals surface area contributed by atoms with E-state index in [-0.39, 0.29) is 0 Å². The lowest BCUT2D eigenvalue weighted by Gasteiger charge is -2.27. The first-order valence-electron chi connectivity index (χ1n) is 7.77. The van der Waals surface area contributed by atoms with Crippen LogP contribution in [0, 0.1) is 23.5 Å². The zero-order chi connectivity index (χ0) is 14.4. The minimum Gasteiger partial charge on any atom is -0.493 e. The topological polar surface area (TPSA) is 9.23 Å². The number of hydrogen-bond acceptors (Lipinski definition) is 1. The van der Waals surface area contributed by atoms with Crippen molar-refractivity contribution in [1.29, 1.82) is 0 Å². The summed E-state index contributed by atoms with van der Waals surface area (Å²) in [6, 6.07) is 3.70.